The Labute approximate surface area is 199 Å². The van der Waals surface area contributed by atoms with Crippen LogP contribution in [0.1, 0.15) is 16.7 Å². The zero-order chi connectivity index (χ0) is 25.1. The van der Waals surface area contributed by atoms with Gasteiger partial charge >= 0.3 is 5.63 Å². The average molecular weight is 500 g/mol. The number of fused-ring (bicyclic) bond motifs is 2. The largest absolute Gasteiger partial charge is 0.463 e. The molecule has 0 radical (unpaired) electrons. The van der Waals surface area contributed by atoms with Crippen molar-refractivity contribution in [3.05, 3.63) is 69.5 Å². The Morgan fingerprint density at radius 2 is 1.83 bits per heavy atom. The minimum absolute atomic E-state index is 0.135. The third-order valence-corrected chi connectivity index (χ3v) is 8.22. The second kappa shape index (κ2) is 8.31. The molecule has 0 aliphatic carbocycles. The van der Waals surface area contributed by atoms with Gasteiger partial charge in [-0.1, -0.05) is 12.1 Å². The van der Waals surface area contributed by atoms with Gasteiger partial charge < -0.3 is 19.3 Å². The maximum Gasteiger partial charge on any atom is 0.340 e. The lowest BCUT2D eigenvalue weighted by molar-refractivity contribution is -0.121. The smallest absolute Gasteiger partial charge is 0.340 e. The van der Waals surface area contributed by atoms with Crippen molar-refractivity contribution in [1.82, 2.24) is 5.32 Å². The van der Waals surface area contributed by atoms with Crippen LogP contribution in [0, 0.1) is 19.7 Å². The number of sulfone groups is 1. The predicted molar refractivity (Wildman–Crippen MR) is 127 cm³/mol. The molecule has 2 N–H and O–H groups in total. The van der Waals surface area contributed by atoms with Crippen molar-refractivity contribution in [3.63, 3.8) is 0 Å². The van der Waals surface area contributed by atoms with Gasteiger partial charge in [0.15, 0.2) is 9.84 Å². The molecule has 8 nitrogen and oxygen atoms in total. The molecule has 2 aromatic carbocycles. The zero-order valence-corrected chi connectivity index (χ0v) is 19.7. The van der Waals surface area contributed by atoms with Crippen molar-refractivity contribution in [2.24, 2.45) is 0 Å². The first-order valence-electron chi connectivity index (χ1n) is 10.9. The summed E-state index contributed by atoms with van der Waals surface area (Å²) in [7, 11) is -3.43. The Morgan fingerprint density at radius 3 is 2.49 bits per heavy atom. The minimum Gasteiger partial charge on any atom is -0.463 e. The minimum atomic E-state index is -3.43. The quantitative estimate of drug-likeness (QED) is 0.414. The highest BCUT2D eigenvalue weighted by molar-refractivity contribution is 7.91. The van der Waals surface area contributed by atoms with E-state index in [1.807, 2.05) is 6.07 Å². The molecule has 1 saturated heterocycles. The van der Waals surface area contributed by atoms with Crippen molar-refractivity contribution in [2.75, 3.05) is 11.5 Å². The normalized spacial score (nSPS) is 19.4. The second-order valence-corrected chi connectivity index (χ2v) is 11.1. The van der Waals surface area contributed by atoms with Gasteiger partial charge in [0, 0.05) is 21.9 Å². The number of hydrogen-bond donors (Lipinski definition) is 2. The topological polar surface area (TPSA) is 127 Å². The molecule has 0 saturated carbocycles. The number of aliphatic hydroxyl groups excluding tert-OH is 1. The maximum absolute atomic E-state index is 13.4. The highest BCUT2D eigenvalue weighted by Crippen LogP contribution is 2.37. The monoisotopic (exact) mass is 499 g/mol. The molecule has 2 atom stereocenters. The molecule has 0 bridgehead atoms. The molecule has 35 heavy (non-hydrogen) atoms. The van der Waals surface area contributed by atoms with Crippen LogP contribution >= 0.6 is 0 Å². The van der Waals surface area contributed by atoms with Crippen molar-refractivity contribution >= 4 is 37.7 Å². The summed E-state index contributed by atoms with van der Waals surface area (Å²) < 4.78 is 48.1. The van der Waals surface area contributed by atoms with Crippen LogP contribution in [0.15, 0.2) is 50.2 Å². The van der Waals surface area contributed by atoms with E-state index in [0.717, 1.165) is 16.5 Å². The van der Waals surface area contributed by atoms with E-state index in [1.165, 1.54) is 12.1 Å². The van der Waals surface area contributed by atoms with Crippen molar-refractivity contribution < 1.29 is 31.5 Å². The van der Waals surface area contributed by atoms with Crippen LogP contribution in [0.3, 0.4) is 0 Å². The number of rotatable bonds is 4. The molecule has 2 aromatic heterocycles. The average Bonchev–Trinajstić information content (AvgIpc) is 3.32. The summed E-state index contributed by atoms with van der Waals surface area (Å²) in [5, 5.41) is 13.8. The lowest BCUT2D eigenvalue weighted by Crippen LogP contribution is -2.43. The maximum atomic E-state index is 13.4. The number of carbonyl (C=O) groups excluding carboxylic acids is 1. The molecule has 1 fully saturated rings. The van der Waals surface area contributed by atoms with E-state index in [1.54, 1.807) is 32.2 Å². The Morgan fingerprint density at radius 1 is 1.11 bits per heavy atom. The van der Waals surface area contributed by atoms with Crippen molar-refractivity contribution in [2.45, 2.75) is 32.4 Å². The van der Waals surface area contributed by atoms with E-state index in [4.69, 9.17) is 8.83 Å². The van der Waals surface area contributed by atoms with Crippen LogP contribution in [-0.4, -0.2) is 43.1 Å². The van der Waals surface area contributed by atoms with Crippen LogP contribution in [0.25, 0.3) is 33.1 Å². The molecule has 10 heteroatoms. The lowest BCUT2D eigenvalue weighted by Gasteiger charge is -2.15. The number of carbonyl (C=O) groups is 1. The summed E-state index contributed by atoms with van der Waals surface area (Å²) in [6.45, 7) is 3.47. The number of benzene rings is 2. The summed E-state index contributed by atoms with van der Waals surface area (Å²) in [5.74, 6) is -1.71. The summed E-state index contributed by atoms with van der Waals surface area (Å²) in [5.41, 5.74) is 2.97. The van der Waals surface area contributed by atoms with Crippen LogP contribution in [0.4, 0.5) is 4.39 Å². The van der Waals surface area contributed by atoms with E-state index in [-0.39, 0.29) is 23.6 Å². The van der Waals surface area contributed by atoms with Crippen LogP contribution in [0.5, 0.6) is 0 Å². The number of furan rings is 1. The summed E-state index contributed by atoms with van der Waals surface area (Å²) >= 11 is 0. The highest BCUT2D eigenvalue weighted by Gasteiger charge is 2.37. The SMILES string of the molecule is Cc1c(CC(=O)NC2CS(=O)(=O)CC2O)c(=O)oc2c(C)c3occ(-c4ccc(F)cc4)c3cc12. The van der Waals surface area contributed by atoms with Gasteiger partial charge in [-0.05, 0) is 43.2 Å². The Bertz CT molecular complexity index is 1650. The molecule has 0 spiro atoms. The van der Waals surface area contributed by atoms with Gasteiger partial charge in [0.1, 0.15) is 17.0 Å². The van der Waals surface area contributed by atoms with Crippen molar-refractivity contribution in [3.8, 4) is 11.1 Å². The fraction of sp³-hybridized carbons (Fsp3) is 0.280. The number of aliphatic hydroxyl groups is 1. The zero-order valence-electron chi connectivity index (χ0n) is 18.9. The number of halogens is 1. The van der Waals surface area contributed by atoms with Gasteiger partial charge in [0.2, 0.25) is 5.91 Å². The molecular weight excluding hydrogens is 477 g/mol. The molecule has 182 valence electrons. The molecule has 3 heterocycles. The van der Waals surface area contributed by atoms with E-state index >= 15 is 0 Å². The molecule has 5 rings (SSSR count). The first-order chi connectivity index (χ1) is 16.5. The van der Waals surface area contributed by atoms with Gasteiger partial charge in [0.25, 0.3) is 0 Å². The Balaban J connectivity index is 1.55. The molecular formula is C25H22FNO7S. The molecule has 4 aromatic rings. The molecule has 1 aliphatic rings. The van der Waals surface area contributed by atoms with Gasteiger partial charge in [-0.15, -0.1) is 0 Å². The standard InChI is InChI=1S/C25H22FNO7S/c1-12-16-7-18-19(14-3-5-15(26)6-4-14)9-33-23(18)13(2)24(16)34-25(30)17(12)8-22(29)27-20-10-35(31,32)11-21(20)28/h3-7,9,20-21,28H,8,10-11H2,1-2H3,(H,27,29). The van der Waals surface area contributed by atoms with Crippen LogP contribution < -0.4 is 10.9 Å². The number of amides is 1. The summed E-state index contributed by atoms with van der Waals surface area (Å²) in [6, 6.07) is 6.89. The van der Waals surface area contributed by atoms with Gasteiger partial charge in [-0.3, -0.25) is 4.79 Å². The number of hydrogen-bond acceptors (Lipinski definition) is 7. The Kier molecular flexibility index (Phi) is 5.52. The molecule has 1 amide bonds. The van der Waals surface area contributed by atoms with Gasteiger partial charge in [-0.2, -0.15) is 0 Å². The summed E-state index contributed by atoms with van der Waals surface area (Å²) in [4.78, 5) is 25.4. The van der Waals surface area contributed by atoms with Crippen molar-refractivity contribution in [1.29, 1.82) is 0 Å². The van der Waals surface area contributed by atoms with E-state index in [0.29, 0.717) is 27.7 Å². The first-order valence-corrected chi connectivity index (χ1v) is 12.8. The first kappa shape index (κ1) is 23.3. The molecule has 2 unspecified atom stereocenters. The third-order valence-electron chi connectivity index (χ3n) is 6.50. The third kappa shape index (κ3) is 4.12. The predicted octanol–water partition coefficient (Wildman–Crippen LogP) is 2.78. The Hall–Kier alpha value is -3.50. The van der Waals surface area contributed by atoms with E-state index in [9.17, 15) is 27.5 Å². The number of aryl methyl sites for hydroxylation is 2. The van der Waals surface area contributed by atoms with E-state index in [2.05, 4.69) is 5.32 Å². The molecule has 1 aliphatic heterocycles. The second-order valence-electron chi connectivity index (χ2n) is 8.90. The lowest BCUT2D eigenvalue weighted by atomic mass is 9.97. The van der Waals surface area contributed by atoms with Crippen LogP contribution in [0.2, 0.25) is 0 Å². The van der Waals surface area contributed by atoms with Gasteiger partial charge in [-0.25, -0.2) is 17.6 Å². The fourth-order valence-corrected chi connectivity index (χ4v) is 6.38. The fourth-order valence-electron chi connectivity index (χ4n) is 4.64. The van der Waals surface area contributed by atoms with Gasteiger partial charge in [0.05, 0.1) is 41.9 Å². The summed E-state index contributed by atoms with van der Waals surface area (Å²) in [6.07, 6.45) is 0.0349. The van der Waals surface area contributed by atoms with E-state index < -0.39 is 39.3 Å². The highest BCUT2D eigenvalue weighted by atomic mass is 32.2. The number of nitrogens with one attached hydrogen (secondary N) is 1. The van der Waals surface area contributed by atoms with Crippen LogP contribution in [-0.2, 0) is 21.1 Å².